The summed E-state index contributed by atoms with van der Waals surface area (Å²) in [5.74, 6) is 0. The van der Waals surface area contributed by atoms with Gasteiger partial charge in [0.15, 0.2) is 5.69 Å². The molecule has 1 heterocycles. The van der Waals surface area contributed by atoms with Crippen LogP contribution in [-0.4, -0.2) is 58.7 Å². The van der Waals surface area contributed by atoms with Crippen LogP contribution in [0.2, 0.25) is 0 Å². The van der Waals surface area contributed by atoms with Gasteiger partial charge in [0, 0.05) is 32.9 Å². The monoisotopic (exact) mass is 298 g/mol. The van der Waals surface area contributed by atoms with Crippen molar-refractivity contribution < 1.29 is 13.2 Å². The minimum atomic E-state index is -3.71. The maximum atomic E-state index is 12.1. The van der Waals surface area contributed by atoms with E-state index in [-0.39, 0.29) is 17.1 Å². The van der Waals surface area contributed by atoms with Crippen LogP contribution in [0.4, 0.5) is 0 Å². The zero-order chi connectivity index (χ0) is 15.0. The molecule has 0 aliphatic heterocycles. The first-order valence-electron chi connectivity index (χ1n) is 6.03. The third-order valence-corrected chi connectivity index (χ3v) is 4.12. The summed E-state index contributed by atoms with van der Waals surface area (Å²) < 4.78 is 31.5. The number of aromatic nitrogens is 1. The highest BCUT2D eigenvalue weighted by Gasteiger charge is 2.18. The quantitative estimate of drug-likeness (QED) is 0.714. The number of hydrogen-bond donors (Lipinski definition) is 1. The average Bonchev–Trinajstić information content (AvgIpc) is 2.44. The van der Waals surface area contributed by atoms with E-state index in [1.165, 1.54) is 18.3 Å². The molecule has 8 heteroatoms. The Morgan fingerprint density at radius 2 is 2.25 bits per heavy atom. The summed E-state index contributed by atoms with van der Waals surface area (Å²) in [5.41, 5.74) is -0.104. The Balaban J connectivity index is 2.61. The first-order valence-corrected chi connectivity index (χ1v) is 7.52. The molecule has 1 aromatic heterocycles. The van der Waals surface area contributed by atoms with E-state index < -0.39 is 10.0 Å². The van der Waals surface area contributed by atoms with Crippen LogP contribution >= 0.6 is 0 Å². The Bertz CT molecular complexity index is 568. The number of ether oxygens (including phenoxy) is 1. The lowest BCUT2D eigenvalue weighted by Crippen LogP contribution is -2.34. The molecule has 1 rings (SSSR count). The van der Waals surface area contributed by atoms with Gasteiger partial charge in [0.05, 0.1) is 6.61 Å². The van der Waals surface area contributed by atoms with E-state index in [1.54, 1.807) is 13.2 Å². The molecule has 0 aromatic carbocycles. The van der Waals surface area contributed by atoms with E-state index in [2.05, 4.69) is 9.71 Å². The molecule has 110 valence electrons. The highest BCUT2D eigenvalue weighted by atomic mass is 32.2. The molecule has 0 unspecified atom stereocenters. The highest BCUT2D eigenvalue weighted by Crippen LogP contribution is 2.11. The van der Waals surface area contributed by atoms with Gasteiger partial charge in [-0.15, -0.1) is 0 Å². The maximum absolute atomic E-state index is 12.1. The van der Waals surface area contributed by atoms with Crippen molar-refractivity contribution in [2.24, 2.45) is 0 Å². The predicted octanol–water partition coefficient (Wildman–Crippen LogP) is -0.190. The van der Waals surface area contributed by atoms with Crippen molar-refractivity contribution in [1.82, 2.24) is 14.6 Å². The molecule has 1 aromatic rings. The van der Waals surface area contributed by atoms with Gasteiger partial charge >= 0.3 is 0 Å². The number of sulfonamides is 1. The van der Waals surface area contributed by atoms with Gasteiger partial charge in [-0.2, -0.15) is 5.26 Å². The van der Waals surface area contributed by atoms with Crippen LogP contribution in [0.1, 0.15) is 5.69 Å². The van der Waals surface area contributed by atoms with Gasteiger partial charge in [-0.1, -0.05) is 0 Å². The Morgan fingerprint density at radius 1 is 1.50 bits per heavy atom. The van der Waals surface area contributed by atoms with Crippen LogP contribution < -0.4 is 4.72 Å². The molecule has 0 aliphatic rings. The van der Waals surface area contributed by atoms with E-state index in [0.717, 1.165) is 0 Å². The zero-order valence-corrected chi connectivity index (χ0v) is 12.4. The summed E-state index contributed by atoms with van der Waals surface area (Å²) in [6.07, 6.45) is 1.39. The number of nitriles is 1. The van der Waals surface area contributed by atoms with Crippen molar-refractivity contribution >= 4 is 10.0 Å². The normalized spacial score (nSPS) is 11.5. The van der Waals surface area contributed by atoms with E-state index in [1.807, 2.05) is 11.9 Å². The van der Waals surface area contributed by atoms with Crippen molar-refractivity contribution in [2.75, 3.05) is 40.4 Å². The molecule has 0 saturated heterocycles. The number of pyridine rings is 1. The summed E-state index contributed by atoms with van der Waals surface area (Å²) in [4.78, 5) is 5.59. The van der Waals surface area contributed by atoms with Crippen molar-refractivity contribution in [2.45, 2.75) is 4.90 Å². The largest absolute Gasteiger partial charge is 0.383 e. The van der Waals surface area contributed by atoms with E-state index in [4.69, 9.17) is 10.00 Å². The van der Waals surface area contributed by atoms with Gasteiger partial charge in [-0.05, 0) is 19.2 Å². The minimum absolute atomic E-state index is 0.0953. The molecule has 1 N–H and O–H groups in total. The Kier molecular flexibility index (Phi) is 6.54. The lowest BCUT2D eigenvalue weighted by Gasteiger charge is -2.16. The third kappa shape index (κ3) is 4.86. The number of likely N-dealkylation sites (N-methyl/N-ethyl adjacent to an activating group) is 1. The molecule has 0 atom stereocenters. The van der Waals surface area contributed by atoms with Crippen molar-refractivity contribution in [3.8, 4) is 6.07 Å². The molecule has 0 saturated carbocycles. The SMILES string of the molecule is COCCN(C)CCNS(=O)(=O)c1cccnc1C#N. The summed E-state index contributed by atoms with van der Waals surface area (Å²) in [7, 11) is -0.226. The fourth-order valence-corrected chi connectivity index (χ4v) is 2.63. The first-order chi connectivity index (χ1) is 9.51. The van der Waals surface area contributed by atoms with Crippen molar-refractivity contribution in [3.63, 3.8) is 0 Å². The average molecular weight is 298 g/mol. The summed E-state index contributed by atoms with van der Waals surface area (Å²) in [6.45, 7) is 2.10. The van der Waals surface area contributed by atoms with Crippen LogP contribution in [0.25, 0.3) is 0 Å². The molecule has 0 bridgehead atoms. The van der Waals surface area contributed by atoms with Crippen molar-refractivity contribution in [1.29, 1.82) is 5.26 Å². The molecule has 0 amide bonds. The van der Waals surface area contributed by atoms with E-state index >= 15 is 0 Å². The zero-order valence-electron chi connectivity index (χ0n) is 11.5. The second kappa shape index (κ2) is 7.91. The van der Waals surface area contributed by atoms with Crippen LogP contribution in [0, 0.1) is 11.3 Å². The predicted molar refractivity (Wildman–Crippen MR) is 73.5 cm³/mol. The Morgan fingerprint density at radius 3 is 2.90 bits per heavy atom. The molecule has 7 nitrogen and oxygen atoms in total. The summed E-state index contributed by atoms with van der Waals surface area (Å²) in [5, 5.41) is 8.87. The molecule has 0 fully saturated rings. The van der Waals surface area contributed by atoms with Gasteiger partial charge in [0.2, 0.25) is 10.0 Å². The van der Waals surface area contributed by atoms with Crippen LogP contribution in [0.5, 0.6) is 0 Å². The second-order valence-corrected chi connectivity index (χ2v) is 5.89. The fourth-order valence-electron chi connectivity index (χ4n) is 1.50. The second-order valence-electron chi connectivity index (χ2n) is 4.16. The van der Waals surface area contributed by atoms with Gasteiger partial charge in [0.1, 0.15) is 11.0 Å². The van der Waals surface area contributed by atoms with Gasteiger partial charge in [-0.25, -0.2) is 18.1 Å². The molecule has 0 spiro atoms. The highest BCUT2D eigenvalue weighted by molar-refractivity contribution is 7.89. The maximum Gasteiger partial charge on any atom is 0.243 e. The molecule has 0 aliphatic carbocycles. The van der Waals surface area contributed by atoms with Crippen LogP contribution in [0.15, 0.2) is 23.2 Å². The number of nitrogens with one attached hydrogen (secondary N) is 1. The van der Waals surface area contributed by atoms with Gasteiger partial charge < -0.3 is 9.64 Å². The fraction of sp³-hybridized carbons (Fsp3) is 0.500. The molecule has 20 heavy (non-hydrogen) atoms. The number of methoxy groups -OCH3 is 1. The van der Waals surface area contributed by atoms with Gasteiger partial charge in [-0.3, -0.25) is 0 Å². The lowest BCUT2D eigenvalue weighted by atomic mass is 10.4. The summed E-state index contributed by atoms with van der Waals surface area (Å²) in [6, 6.07) is 4.62. The first kappa shape index (κ1) is 16.5. The van der Waals surface area contributed by atoms with Crippen LogP contribution in [-0.2, 0) is 14.8 Å². The molecular weight excluding hydrogens is 280 g/mol. The van der Waals surface area contributed by atoms with Crippen molar-refractivity contribution in [3.05, 3.63) is 24.0 Å². The van der Waals surface area contributed by atoms with E-state index in [0.29, 0.717) is 19.7 Å². The molecule has 0 radical (unpaired) electrons. The third-order valence-electron chi connectivity index (χ3n) is 2.63. The topological polar surface area (TPSA) is 95.3 Å². The summed E-state index contributed by atoms with van der Waals surface area (Å²) >= 11 is 0. The minimum Gasteiger partial charge on any atom is -0.383 e. The van der Waals surface area contributed by atoms with Gasteiger partial charge in [0.25, 0.3) is 0 Å². The molecular formula is C12H18N4O3S. The number of rotatable bonds is 8. The van der Waals surface area contributed by atoms with Crippen LogP contribution in [0.3, 0.4) is 0 Å². The number of hydrogen-bond acceptors (Lipinski definition) is 6. The Labute approximate surface area is 119 Å². The standard InChI is InChI=1S/C12H18N4O3S/c1-16(8-9-19-2)7-6-15-20(17,18)12-4-3-5-14-11(12)10-13/h3-5,15H,6-9H2,1-2H3. The lowest BCUT2D eigenvalue weighted by molar-refractivity contribution is 0.162. The Hall–Kier alpha value is -1.53. The van der Waals surface area contributed by atoms with E-state index in [9.17, 15) is 8.42 Å². The number of nitrogens with zero attached hydrogens (tertiary/aromatic N) is 3. The smallest absolute Gasteiger partial charge is 0.243 e.